The molecule has 0 saturated carbocycles. The Hall–Kier alpha value is -1.47. The number of carbonyl (C=O) groups excluding carboxylic acids is 1. The number of amides is 1. The Kier molecular flexibility index (Phi) is 4.42. The van der Waals surface area contributed by atoms with Crippen LogP contribution >= 0.6 is 11.6 Å². The molecule has 100 valence electrons. The van der Waals surface area contributed by atoms with Crippen molar-refractivity contribution in [1.29, 1.82) is 0 Å². The van der Waals surface area contributed by atoms with Crippen LogP contribution in [-0.4, -0.2) is 30.6 Å². The van der Waals surface area contributed by atoms with E-state index in [1.54, 1.807) is 0 Å². The van der Waals surface area contributed by atoms with E-state index < -0.39 is 18.6 Å². The SMILES string of the molecule is CN(CC(F)(F)F)C(=O)c1cc(Cl)ccc1NN. The van der Waals surface area contributed by atoms with Gasteiger partial charge in [0.1, 0.15) is 6.54 Å². The van der Waals surface area contributed by atoms with Crippen molar-refractivity contribution in [2.45, 2.75) is 6.18 Å². The van der Waals surface area contributed by atoms with Crippen molar-refractivity contribution < 1.29 is 18.0 Å². The molecule has 0 radical (unpaired) electrons. The molecule has 0 aliphatic heterocycles. The van der Waals surface area contributed by atoms with Crippen molar-refractivity contribution in [3.05, 3.63) is 28.8 Å². The number of nitrogens with one attached hydrogen (secondary N) is 1. The lowest BCUT2D eigenvalue weighted by atomic mass is 10.1. The number of benzene rings is 1. The second-order valence-corrected chi connectivity index (χ2v) is 4.05. The van der Waals surface area contributed by atoms with Crippen molar-refractivity contribution in [2.24, 2.45) is 5.84 Å². The molecular formula is C10H11ClF3N3O. The van der Waals surface area contributed by atoms with E-state index in [4.69, 9.17) is 17.4 Å². The lowest BCUT2D eigenvalue weighted by Crippen LogP contribution is -2.36. The Morgan fingerprint density at radius 2 is 2.11 bits per heavy atom. The second-order valence-electron chi connectivity index (χ2n) is 3.61. The quantitative estimate of drug-likeness (QED) is 0.660. The first-order valence-electron chi connectivity index (χ1n) is 4.83. The minimum absolute atomic E-state index is 0.0169. The van der Waals surface area contributed by atoms with Crippen LogP contribution in [0, 0.1) is 0 Å². The minimum atomic E-state index is -4.46. The van der Waals surface area contributed by atoms with Gasteiger partial charge >= 0.3 is 6.18 Å². The highest BCUT2D eigenvalue weighted by molar-refractivity contribution is 6.31. The largest absolute Gasteiger partial charge is 0.406 e. The van der Waals surface area contributed by atoms with E-state index in [0.717, 1.165) is 7.05 Å². The van der Waals surface area contributed by atoms with Crippen LogP contribution in [0.5, 0.6) is 0 Å². The molecule has 0 bridgehead atoms. The van der Waals surface area contributed by atoms with Crippen LogP contribution in [0.15, 0.2) is 18.2 Å². The molecule has 0 fully saturated rings. The topological polar surface area (TPSA) is 58.4 Å². The van der Waals surface area contributed by atoms with Crippen molar-refractivity contribution in [2.75, 3.05) is 19.0 Å². The van der Waals surface area contributed by atoms with Gasteiger partial charge in [0.05, 0.1) is 11.3 Å². The number of alkyl halides is 3. The third kappa shape index (κ3) is 3.78. The monoisotopic (exact) mass is 281 g/mol. The fraction of sp³-hybridized carbons (Fsp3) is 0.300. The third-order valence-corrected chi connectivity index (χ3v) is 2.37. The van der Waals surface area contributed by atoms with Crippen molar-refractivity contribution >= 4 is 23.2 Å². The molecule has 1 aromatic rings. The summed E-state index contributed by atoms with van der Waals surface area (Å²) >= 11 is 5.69. The summed E-state index contributed by atoms with van der Waals surface area (Å²) in [5, 5.41) is 0.234. The fourth-order valence-corrected chi connectivity index (χ4v) is 1.54. The van der Waals surface area contributed by atoms with Crippen LogP contribution in [0.25, 0.3) is 0 Å². The van der Waals surface area contributed by atoms with Crippen LogP contribution in [0.4, 0.5) is 18.9 Å². The van der Waals surface area contributed by atoms with E-state index in [2.05, 4.69) is 5.43 Å². The van der Waals surface area contributed by atoms with Crippen LogP contribution in [0.2, 0.25) is 5.02 Å². The number of hydrazine groups is 1. The smallest absolute Gasteiger partial charge is 0.333 e. The lowest BCUT2D eigenvalue weighted by Gasteiger charge is -2.20. The molecule has 0 heterocycles. The molecule has 4 nitrogen and oxygen atoms in total. The van der Waals surface area contributed by atoms with Gasteiger partial charge in [-0.2, -0.15) is 13.2 Å². The number of anilines is 1. The van der Waals surface area contributed by atoms with Gasteiger partial charge in [0.2, 0.25) is 0 Å². The molecule has 3 N–H and O–H groups in total. The van der Waals surface area contributed by atoms with E-state index >= 15 is 0 Å². The molecule has 8 heteroatoms. The van der Waals surface area contributed by atoms with Gasteiger partial charge in [-0.25, -0.2) is 0 Å². The number of halogens is 4. The van der Waals surface area contributed by atoms with E-state index in [1.165, 1.54) is 18.2 Å². The number of nitrogen functional groups attached to an aromatic ring is 1. The van der Waals surface area contributed by atoms with Gasteiger partial charge in [-0.05, 0) is 18.2 Å². The summed E-state index contributed by atoms with van der Waals surface area (Å²) < 4.78 is 36.6. The number of nitrogens with two attached hydrogens (primary N) is 1. The summed E-state index contributed by atoms with van der Waals surface area (Å²) in [5.41, 5.74) is 2.42. The molecule has 1 aromatic carbocycles. The maximum Gasteiger partial charge on any atom is 0.406 e. The molecule has 0 unspecified atom stereocenters. The standard InChI is InChI=1S/C10H11ClF3N3O/c1-17(5-10(12,13)14)9(18)7-4-6(11)2-3-8(7)16-15/h2-4,16H,5,15H2,1H3. The number of hydrogen-bond donors (Lipinski definition) is 2. The molecule has 0 aliphatic carbocycles. The van der Waals surface area contributed by atoms with Crippen LogP contribution in [-0.2, 0) is 0 Å². The highest BCUT2D eigenvalue weighted by Gasteiger charge is 2.32. The van der Waals surface area contributed by atoms with Crippen LogP contribution in [0.3, 0.4) is 0 Å². The molecule has 0 aromatic heterocycles. The van der Waals surface area contributed by atoms with Crippen molar-refractivity contribution in [3.8, 4) is 0 Å². The first kappa shape index (κ1) is 14.6. The minimum Gasteiger partial charge on any atom is -0.333 e. The average Bonchev–Trinajstić information content (AvgIpc) is 2.25. The normalized spacial score (nSPS) is 11.2. The zero-order chi connectivity index (χ0) is 13.9. The highest BCUT2D eigenvalue weighted by Crippen LogP contribution is 2.23. The Morgan fingerprint density at radius 1 is 1.50 bits per heavy atom. The summed E-state index contributed by atoms with van der Waals surface area (Å²) in [6, 6.07) is 4.14. The van der Waals surface area contributed by atoms with Gasteiger partial charge in [-0.1, -0.05) is 11.6 Å². The highest BCUT2D eigenvalue weighted by atomic mass is 35.5. The van der Waals surface area contributed by atoms with Crippen LogP contribution in [0.1, 0.15) is 10.4 Å². The molecule has 0 aliphatic rings. The number of carbonyl (C=O) groups is 1. The Balaban J connectivity index is 2.99. The van der Waals surface area contributed by atoms with Gasteiger partial charge in [0.25, 0.3) is 5.91 Å². The van der Waals surface area contributed by atoms with E-state index in [1.807, 2.05) is 0 Å². The van der Waals surface area contributed by atoms with Gasteiger partial charge in [0.15, 0.2) is 0 Å². The van der Waals surface area contributed by atoms with Gasteiger partial charge in [-0.15, -0.1) is 0 Å². The first-order valence-corrected chi connectivity index (χ1v) is 5.21. The molecular weight excluding hydrogens is 271 g/mol. The molecule has 0 spiro atoms. The predicted octanol–water partition coefficient (Wildman–Crippen LogP) is 2.26. The zero-order valence-electron chi connectivity index (χ0n) is 9.38. The summed E-state index contributed by atoms with van der Waals surface area (Å²) in [7, 11) is 1.05. The zero-order valence-corrected chi connectivity index (χ0v) is 10.1. The van der Waals surface area contributed by atoms with Gasteiger partial charge < -0.3 is 10.3 Å². The summed E-state index contributed by atoms with van der Waals surface area (Å²) in [6.45, 7) is -1.34. The predicted molar refractivity (Wildman–Crippen MR) is 62.3 cm³/mol. The summed E-state index contributed by atoms with van der Waals surface area (Å²) in [4.78, 5) is 12.4. The Bertz CT molecular complexity index is 450. The molecule has 0 saturated heterocycles. The maximum atomic E-state index is 12.2. The first-order chi connectivity index (χ1) is 8.24. The van der Waals surface area contributed by atoms with Gasteiger partial charge in [-0.3, -0.25) is 10.6 Å². The number of nitrogens with zero attached hydrogens (tertiary/aromatic N) is 1. The lowest BCUT2D eigenvalue weighted by molar-refractivity contribution is -0.138. The van der Waals surface area contributed by atoms with Crippen molar-refractivity contribution in [1.82, 2.24) is 4.90 Å². The second kappa shape index (κ2) is 5.45. The van der Waals surface area contributed by atoms with Gasteiger partial charge in [0, 0.05) is 12.1 Å². The maximum absolute atomic E-state index is 12.2. The Morgan fingerprint density at radius 3 is 2.61 bits per heavy atom. The molecule has 1 rings (SSSR count). The number of hydrogen-bond acceptors (Lipinski definition) is 3. The van der Waals surface area contributed by atoms with E-state index in [-0.39, 0.29) is 16.3 Å². The summed E-state index contributed by atoms with van der Waals surface area (Å²) in [5.74, 6) is 4.36. The fourth-order valence-electron chi connectivity index (χ4n) is 1.37. The van der Waals surface area contributed by atoms with E-state index in [0.29, 0.717) is 4.90 Å². The summed E-state index contributed by atoms with van der Waals surface area (Å²) in [6.07, 6.45) is -4.46. The number of rotatable bonds is 3. The third-order valence-electron chi connectivity index (χ3n) is 2.13. The average molecular weight is 282 g/mol. The molecule has 1 amide bonds. The Labute approximate surface area is 106 Å². The van der Waals surface area contributed by atoms with Crippen LogP contribution < -0.4 is 11.3 Å². The molecule has 18 heavy (non-hydrogen) atoms. The van der Waals surface area contributed by atoms with E-state index in [9.17, 15) is 18.0 Å². The van der Waals surface area contributed by atoms with Crippen molar-refractivity contribution in [3.63, 3.8) is 0 Å². The molecule has 0 atom stereocenters.